The van der Waals surface area contributed by atoms with E-state index in [4.69, 9.17) is 28.4 Å². The van der Waals surface area contributed by atoms with Crippen molar-refractivity contribution in [3.05, 3.63) is 0 Å². The number of halogens is 2. The number of hydrogen-bond acceptors (Lipinski definition) is 6. The van der Waals surface area contributed by atoms with Gasteiger partial charge in [-0.15, -0.1) is 0 Å². The second-order valence-electron chi connectivity index (χ2n) is 14.0. The molecule has 0 N–H and O–H groups in total. The third-order valence-electron chi connectivity index (χ3n) is 6.84. The van der Waals surface area contributed by atoms with E-state index in [1.807, 2.05) is 0 Å². The summed E-state index contributed by atoms with van der Waals surface area (Å²) in [5, 5.41) is 0. The summed E-state index contributed by atoms with van der Waals surface area (Å²) in [5.41, 5.74) is 0. The molecule has 39 heavy (non-hydrogen) atoms. The fourth-order valence-electron chi connectivity index (χ4n) is 5.64. The van der Waals surface area contributed by atoms with Gasteiger partial charge >= 0.3 is 0 Å². The largest absolute Gasteiger partial charge is 0.377 e. The Balaban J connectivity index is 0. The first-order valence-electron chi connectivity index (χ1n) is 14.1. The van der Waals surface area contributed by atoms with Crippen LogP contribution >= 0.6 is 0 Å². The molecule has 1 aliphatic rings. The fourth-order valence-corrected chi connectivity index (χ4v) is 199. The third kappa shape index (κ3) is 14.0. The van der Waals surface area contributed by atoms with Gasteiger partial charge in [-0.2, -0.15) is 0 Å². The van der Waals surface area contributed by atoms with Crippen LogP contribution in [0.2, 0.25) is 78.6 Å². The third-order valence-corrected chi connectivity index (χ3v) is 119. The molecule has 0 aliphatic carbocycles. The van der Waals surface area contributed by atoms with Gasteiger partial charge in [0.25, 0.3) is 0 Å². The zero-order chi connectivity index (χ0) is 29.7. The van der Waals surface area contributed by atoms with Gasteiger partial charge in [-0.1, -0.05) is 78.6 Å². The number of ether oxygens (including phenoxy) is 6. The Kier molecular flexibility index (Phi) is 22.2. The molecule has 0 amide bonds. The number of hydrogen-bond donors (Lipinski definition) is 0. The standard InChI is InChI=1S/C12H36F2Si6.C12H24O6.K/c1-15(2,3)19(13,16(4,5)6)20(14,17(7,8)9)18(10,11)12;1-2-14-5-6-16-9-10-18-12-11-17-8-7-15-4-3-13-1;/h1-12H3;1-12H2;. The molecular formula is C24H60F2KO6Si6. The predicted molar refractivity (Wildman–Crippen MR) is 178 cm³/mol. The van der Waals surface area contributed by atoms with E-state index in [0.29, 0.717) is 79.3 Å². The van der Waals surface area contributed by atoms with Crippen LogP contribution in [0.5, 0.6) is 0 Å². The van der Waals surface area contributed by atoms with Crippen LogP contribution < -0.4 is 0 Å². The van der Waals surface area contributed by atoms with E-state index in [2.05, 4.69) is 78.6 Å². The van der Waals surface area contributed by atoms with Crippen molar-refractivity contribution in [1.82, 2.24) is 0 Å². The van der Waals surface area contributed by atoms with Crippen molar-refractivity contribution in [2.24, 2.45) is 0 Å². The van der Waals surface area contributed by atoms with Gasteiger partial charge < -0.3 is 36.6 Å². The topological polar surface area (TPSA) is 55.4 Å². The van der Waals surface area contributed by atoms with Crippen molar-refractivity contribution in [2.45, 2.75) is 78.6 Å². The Morgan fingerprint density at radius 3 is 0.487 bits per heavy atom. The molecule has 0 saturated carbocycles. The van der Waals surface area contributed by atoms with Crippen LogP contribution in [-0.2, 0) is 28.4 Å². The fraction of sp³-hybridized carbons (Fsp3) is 1.00. The molecule has 0 spiro atoms. The zero-order valence-corrected chi connectivity index (χ0v) is 36.8. The van der Waals surface area contributed by atoms with Gasteiger partial charge in [0.15, 0.2) is 0 Å². The Bertz CT molecular complexity index is 504. The Labute approximate surface area is 287 Å². The molecule has 15 heteroatoms. The van der Waals surface area contributed by atoms with Gasteiger partial charge in [0.1, 0.15) is 0 Å². The molecule has 0 unspecified atom stereocenters. The van der Waals surface area contributed by atoms with Crippen LogP contribution in [0.1, 0.15) is 0 Å². The van der Waals surface area contributed by atoms with Crippen molar-refractivity contribution in [3.63, 3.8) is 0 Å². The first-order chi connectivity index (χ1) is 17.2. The number of rotatable bonds is 5. The van der Waals surface area contributed by atoms with E-state index in [1.165, 1.54) is 0 Å². The molecule has 0 aromatic rings. The van der Waals surface area contributed by atoms with E-state index >= 15 is 8.22 Å². The predicted octanol–water partition coefficient (Wildman–Crippen LogP) is 5.28. The average Bonchev–Trinajstić information content (AvgIpc) is 2.75. The van der Waals surface area contributed by atoms with Crippen molar-refractivity contribution < 1.29 is 36.6 Å². The van der Waals surface area contributed by atoms with Gasteiger partial charge in [-0.3, -0.25) is 0 Å². The smallest absolute Gasteiger partial charge is 0.239 e. The molecule has 1 saturated heterocycles. The molecular weight excluding hydrogens is 630 g/mol. The minimum Gasteiger partial charge on any atom is -0.377 e. The molecule has 1 rings (SSSR count). The van der Waals surface area contributed by atoms with E-state index in [9.17, 15) is 0 Å². The van der Waals surface area contributed by atoms with Crippen molar-refractivity contribution in [3.8, 4) is 0 Å². The average molecular weight is 690 g/mol. The maximum Gasteiger partial charge on any atom is 0.239 e. The zero-order valence-electron chi connectivity index (χ0n) is 27.7. The Hall–Kier alpha value is 2.56. The van der Waals surface area contributed by atoms with Gasteiger partial charge in [-0.05, 0) is 0 Å². The van der Waals surface area contributed by atoms with Gasteiger partial charge in [0.2, 0.25) is 13.9 Å². The Morgan fingerprint density at radius 2 is 0.410 bits per heavy atom. The first kappa shape index (κ1) is 43.7. The Morgan fingerprint density at radius 1 is 0.308 bits per heavy atom. The summed E-state index contributed by atoms with van der Waals surface area (Å²) < 4.78 is 65.7. The first-order valence-corrected chi connectivity index (χ1v) is 36.8. The molecule has 6 nitrogen and oxygen atoms in total. The molecule has 0 atom stereocenters. The van der Waals surface area contributed by atoms with Crippen LogP contribution in [0.4, 0.5) is 8.22 Å². The van der Waals surface area contributed by atoms with Crippen molar-refractivity contribution in [1.29, 1.82) is 0 Å². The second kappa shape index (κ2) is 19.8. The summed E-state index contributed by atoms with van der Waals surface area (Å²) >= 11 is 0. The molecule has 1 fully saturated rings. The van der Waals surface area contributed by atoms with Crippen molar-refractivity contribution in [2.75, 3.05) is 79.3 Å². The summed E-state index contributed by atoms with van der Waals surface area (Å²) in [6.07, 6.45) is 0. The molecule has 1 heterocycles. The monoisotopic (exact) mass is 689 g/mol. The quantitative estimate of drug-likeness (QED) is 0.290. The molecule has 0 aromatic carbocycles. The summed E-state index contributed by atoms with van der Waals surface area (Å²) in [5.74, 6) is 0. The normalized spacial score (nSPS) is 19.5. The van der Waals surface area contributed by atoms with Crippen LogP contribution in [-0.4, -0.2) is 175 Å². The molecule has 1 aliphatic heterocycles. The SMILES string of the molecule is C1COCCOCCOCCOCCOCCO1.C[Si](C)(C)[Si](F)([Si](C)(C)C)[Si](F)([Si](C)(C)C)[Si](C)(C)C.[K]. The van der Waals surface area contributed by atoms with Gasteiger partial charge in [0.05, 0.1) is 110 Å². The summed E-state index contributed by atoms with van der Waals surface area (Å²) in [4.78, 5) is 0. The van der Waals surface area contributed by atoms with Gasteiger partial charge in [0, 0.05) is 51.4 Å². The maximum absolute atomic E-state index is 16.9. The molecule has 0 aromatic heterocycles. The maximum atomic E-state index is 16.9. The molecule has 0 bridgehead atoms. The van der Waals surface area contributed by atoms with Crippen LogP contribution in [0.3, 0.4) is 0 Å². The van der Waals surface area contributed by atoms with Crippen LogP contribution in [0.25, 0.3) is 0 Å². The van der Waals surface area contributed by atoms with E-state index in [0.717, 1.165) is 0 Å². The van der Waals surface area contributed by atoms with Gasteiger partial charge in [-0.25, -0.2) is 0 Å². The molecule has 1 radical (unpaired) electrons. The summed E-state index contributed by atoms with van der Waals surface area (Å²) in [6, 6.07) is 0. The van der Waals surface area contributed by atoms with E-state index in [-0.39, 0.29) is 51.4 Å². The van der Waals surface area contributed by atoms with E-state index < -0.39 is 44.3 Å². The molecule has 231 valence electrons. The van der Waals surface area contributed by atoms with Crippen LogP contribution in [0, 0.1) is 0 Å². The summed E-state index contributed by atoms with van der Waals surface area (Å²) in [6.45, 7) is 25.9. The second-order valence-corrected chi connectivity index (χ2v) is 74.0. The minimum absolute atomic E-state index is 0. The van der Waals surface area contributed by atoms with Crippen LogP contribution in [0.15, 0.2) is 0 Å². The minimum atomic E-state index is -3.30. The summed E-state index contributed by atoms with van der Waals surface area (Å²) in [7, 11) is -8.44. The van der Waals surface area contributed by atoms with Crippen molar-refractivity contribution >= 4 is 95.7 Å². The van der Waals surface area contributed by atoms with E-state index in [1.54, 1.807) is 0 Å².